The zero-order chi connectivity index (χ0) is 28.6. The van der Waals surface area contributed by atoms with Crippen molar-refractivity contribution in [2.45, 2.75) is 141 Å². The summed E-state index contributed by atoms with van der Waals surface area (Å²) in [6, 6.07) is 0. The molecule has 1 N–H and O–H groups in total. The Morgan fingerprint density at radius 2 is 1.75 bits per heavy atom. The van der Waals surface area contributed by atoms with Crippen molar-refractivity contribution in [3.05, 3.63) is 12.2 Å². The van der Waals surface area contributed by atoms with Crippen LogP contribution in [-0.4, -0.2) is 62.3 Å². The summed E-state index contributed by atoms with van der Waals surface area (Å²) in [5, 5.41) is 11.2. The summed E-state index contributed by atoms with van der Waals surface area (Å²) in [5.74, 6) is 6.77. The van der Waals surface area contributed by atoms with Gasteiger partial charge in [0.05, 0.1) is 25.4 Å². The van der Waals surface area contributed by atoms with Gasteiger partial charge in [-0.3, -0.25) is 4.79 Å². The summed E-state index contributed by atoms with van der Waals surface area (Å²) in [5.41, 5.74) is 0. The first-order valence-electron chi connectivity index (χ1n) is 15.9. The standard InChI is InChI=1S/C33H54O7/c1-4-5-8-15-25(2)29(39-32-18-11-13-22-37-32)21-20-27-26(16-9-6-7-10-17-31(35)36-3)28(34)24-30(27)40-33-19-12-14-23-38-33/h20-21,25-30,32-34H,4,6-7,9-19,22-24H2,1-3H3/b21-20+/t25-,26+,27+,28-,29?,30+,32?,33?/m0/s1. The van der Waals surface area contributed by atoms with Gasteiger partial charge in [0.15, 0.2) is 12.6 Å². The van der Waals surface area contributed by atoms with Crippen LogP contribution < -0.4 is 0 Å². The smallest absolute Gasteiger partial charge is 0.305 e. The maximum atomic E-state index is 11.4. The summed E-state index contributed by atoms with van der Waals surface area (Å²) in [6.07, 6.45) is 17.2. The zero-order valence-corrected chi connectivity index (χ0v) is 25.2. The Kier molecular flexibility index (Phi) is 15.6. The molecule has 7 nitrogen and oxygen atoms in total. The van der Waals surface area contributed by atoms with E-state index in [4.69, 9.17) is 23.7 Å². The number of carbonyl (C=O) groups excluding carboxylic acids is 1. The third kappa shape index (κ3) is 11.4. The molecule has 8 atom stereocenters. The van der Waals surface area contributed by atoms with Crippen LogP contribution in [0.4, 0.5) is 0 Å². The van der Waals surface area contributed by atoms with E-state index in [0.29, 0.717) is 12.8 Å². The van der Waals surface area contributed by atoms with Gasteiger partial charge in [-0.15, -0.1) is 11.8 Å². The number of hydrogen-bond donors (Lipinski definition) is 1. The van der Waals surface area contributed by atoms with Crippen molar-refractivity contribution in [2.75, 3.05) is 20.3 Å². The van der Waals surface area contributed by atoms with Crippen molar-refractivity contribution >= 4 is 5.97 Å². The first kappa shape index (κ1) is 33.1. The molecule has 2 saturated heterocycles. The van der Waals surface area contributed by atoms with Crippen LogP contribution in [0.15, 0.2) is 12.2 Å². The topological polar surface area (TPSA) is 83.5 Å². The highest BCUT2D eigenvalue weighted by atomic mass is 16.7. The van der Waals surface area contributed by atoms with Gasteiger partial charge in [-0.25, -0.2) is 0 Å². The Hall–Kier alpha value is -1.43. The second kappa shape index (κ2) is 18.9. The molecule has 0 aromatic rings. The number of aliphatic hydroxyl groups excluding tert-OH is 1. The van der Waals surface area contributed by atoms with E-state index in [1.54, 1.807) is 0 Å². The molecule has 3 aliphatic rings. The number of unbranched alkanes of at least 4 members (excludes halogenated alkanes) is 3. The van der Waals surface area contributed by atoms with Crippen LogP contribution in [0, 0.1) is 29.6 Å². The second-order valence-corrected chi connectivity index (χ2v) is 11.7. The van der Waals surface area contributed by atoms with Crippen molar-refractivity contribution in [1.29, 1.82) is 0 Å². The number of methoxy groups -OCH3 is 1. The van der Waals surface area contributed by atoms with E-state index < -0.39 is 6.10 Å². The van der Waals surface area contributed by atoms with E-state index in [-0.39, 0.29) is 48.5 Å². The second-order valence-electron chi connectivity index (χ2n) is 11.7. The Morgan fingerprint density at radius 1 is 1.02 bits per heavy atom. The van der Waals surface area contributed by atoms with Gasteiger partial charge >= 0.3 is 5.97 Å². The van der Waals surface area contributed by atoms with Crippen molar-refractivity contribution < 1.29 is 33.6 Å². The quantitative estimate of drug-likeness (QED) is 0.108. The fraction of sp³-hybridized carbons (Fsp3) is 0.848. The van der Waals surface area contributed by atoms with Crippen molar-refractivity contribution in [2.24, 2.45) is 17.8 Å². The minimum atomic E-state index is -0.410. The third-order valence-electron chi connectivity index (χ3n) is 8.51. The molecular weight excluding hydrogens is 508 g/mol. The van der Waals surface area contributed by atoms with Crippen molar-refractivity contribution in [3.8, 4) is 11.8 Å². The largest absolute Gasteiger partial charge is 0.469 e. The van der Waals surface area contributed by atoms with E-state index in [1.165, 1.54) is 7.11 Å². The average molecular weight is 563 g/mol. The Balaban J connectivity index is 1.68. The summed E-state index contributed by atoms with van der Waals surface area (Å²) >= 11 is 0. The predicted octanol–water partition coefficient (Wildman–Crippen LogP) is 6.32. The van der Waals surface area contributed by atoms with Crippen LogP contribution in [0.25, 0.3) is 0 Å². The lowest BCUT2D eigenvalue weighted by Crippen LogP contribution is -2.32. The fourth-order valence-electron chi connectivity index (χ4n) is 6.09. The van der Waals surface area contributed by atoms with Crippen molar-refractivity contribution in [1.82, 2.24) is 0 Å². The highest BCUT2D eigenvalue weighted by Gasteiger charge is 2.43. The lowest BCUT2D eigenvalue weighted by Gasteiger charge is -2.31. The fourth-order valence-corrected chi connectivity index (χ4v) is 6.09. The summed E-state index contributed by atoms with van der Waals surface area (Å²) in [6.45, 7) is 5.76. The molecule has 3 unspecified atom stereocenters. The third-order valence-corrected chi connectivity index (χ3v) is 8.51. The van der Waals surface area contributed by atoms with E-state index in [0.717, 1.165) is 96.7 Å². The van der Waals surface area contributed by atoms with Crippen LogP contribution in [0.5, 0.6) is 0 Å². The number of aliphatic hydroxyl groups is 1. The van der Waals surface area contributed by atoms with Crippen LogP contribution in [-0.2, 0) is 28.5 Å². The first-order chi connectivity index (χ1) is 19.5. The minimum absolute atomic E-state index is 0.0829. The summed E-state index contributed by atoms with van der Waals surface area (Å²) in [7, 11) is 1.44. The number of rotatable bonds is 15. The number of carbonyl (C=O) groups is 1. The molecule has 0 bridgehead atoms. The molecule has 7 heteroatoms. The lowest BCUT2D eigenvalue weighted by molar-refractivity contribution is -0.193. The molecule has 3 rings (SSSR count). The molecule has 3 fully saturated rings. The van der Waals surface area contributed by atoms with E-state index in [1.807, 2.05) is 0 Å². The van der Waals surface area contributed by atoms with Crippen LogP contribution in [0.1, 0.15) is 110 Å². The molecule has 0 radical (unpaired) electrons. The van der Waals surface area contributed by atoms with E-state index >= 15 is 0 Å². The van der Waals surface area contributed by atoms with Gasteiger partial charge < -0.3 is 28.8 Å². The molecule has 2 aliphatic heterocycles. The van der Waals surface area contributed by atoms with Gasteiger partial charge in [-0.2, -0.15) is 0 Å². The predicted molar refractivity (Wildman–Crippen MR) is 155 cm³/mol. The van der Waals surface area contributed by atoms with Crippen molar-refractivity contribution in [3.63, 3.8) is 0 Å². The van der Waals surface area contributed by atoms with E-state index in [2.05, 4.69) is 37.8 Å². The van der Waals surface area contributed by atoms with Crippen LogP contribution in [0.3, 0.4) is 0 Å². The van der Waals surface area contributed by atoms with Gasteiger partial charge in [-0.05, 0) is 63.2 Å². The molecule has 0 aromatic heterocycles. The molecule has 1 saturated carbocycles. The molecule has 228 valence electrons. The number of hydrogen-bond acceptors (Lipinski definition) is 7. The molecule has 40 heavy (non-hydrogen) atoms. The summed E-state index contributed by atoms with van der Waals surface area (Å²) in [4.78, 5) is 11.4. The Morgan fingerprint density at radius 3 is 2.42 bits per heavy atom. The average Bonchev–Trinajstić information content (AvgIpc) is 3.26. The molecule has 0 aromatic carbocycles. The Labute approximate surface area is 242 Å². The maximum absolute atomic E-state index is 11.4. The molecular formula is C33H54O7. The highest BCUT2D eigenvalue weighted by molar-refractivity contribution is 5.68. The summed E-state index contributed by atoms with van der Waals surface area (Å²) < 4.78 is 29.6. The van der Waals surface area contributed by atoms with Gasteiger partial charge in [0.25, 0.3) is 0 Å². The van der Waals surface area contributed by atoms with Crippen LogP contribution >= 0.6 is 0 Å². The normalized spacial score (nSPS) is 30.5. The lowest BCUT2D eigenvalue weighted by atomic mass is 9.87. The van der Waals surface area contributed by atoms with Crippen LogP contribution in [0.2, 0.25) is 0 Å². The first-order valence-corrected chi connectivity index (χ1v) is 15.9. The SMILES string of the molecule is CCC#CC[C@H](C)C(/C=C/[C@@H]1[C@@H](CCCCCCC(=O)OC)[C@@H](O)C[C@H]1OC1CCCCO1)OC1CCCCO1. The van der Waals surface area contributed by atoms with Gasteiger partial charge in [0.2, 0.25) is 0 Å². The minimum Gasteiger partial charge on any atom is -0.469 e. The molecule has 1 aliphatic carbocycles. The maximum Gasteiger partial charge on any atom is 0.305 e. The zero-order valence-electron chi connectivity index (χ0n) is 25.2. The number of esters is 1. The molecule has 2 heterocycles. The molecule has 0 spiro atoms. The van der Waals surface area contributed by atoms with Gasteiger partial charge in [0, 0.05) is 44.8 Å². The van der Waals surface area contributed by atoms with Gasteiger partial charge in [-0.1, -0.05) is 45.3 Å². The van der Waals surface area contributed by atoms with E-state index in [9.17, 15) is 9.90 Å². The monoisotopic (exact) mass is 562 g/mol. The van der Waals surface area contributed by atoms with Gasteiger partial charge in [0.1, 0.15) is 0 Å². The Bertz CT molecular complexity index is 790. The number of ether oxygens (including phenoxy) is 5. The highest BCUT2D eigenvalue weighted by Crippen LogP contribution is 2.40. The molecule has 0 amide bonds.